The third kappa shape index (κ3) is 3.45. The summed E-state index contributed by atoms with van der Waals surface area (Å²) in [6.07, 6.45) is 0.831. The smallest absolute Gasteiger partial charge is 0.118 e. The molecule has 2 aromatic carbocycles. The summed E-state index contributed by atoms with van der Waals surface area (Å²) in [6, 6.07) is 12.5. The maximum Gasteiger partial charge on any atom is 0.118 e. The Labute approximate surface area is 127 Å². The van der Waals surface area contributed by atoms with E-state index in [0.717, 1.165) is 17.7 Å². The summed E-state index contributed by atoms with van der Waals surface area (Å²) in [4.78, 5) is 0. The highest BCUT2D eigenvalue weighted by molar-refractivity contribution is 5.40. The Bertz CT molecular complexity index is 604. The van der Waals surface area contributed by atoms with E-state index in [0.29, 0.717) is 0 Å². The first-order chi connectivity index (χ1) is 9.83. The molecule has 0 bridgehead atoms. The molecule has 2 rings (SSSR count). The molecule has 0 aliphatic rings. The number of hydrogen-bond donors (Lipinski definition) is 1. The predicted molar refractivity (Wildman–Crippen MR) is 88.9 cm³/mol. The average molecular weight is 283 g/mol. The van der Waals surface area contributed by atoms with Crippen LogP contribution in [0.25, 0.3) is 0 Å². The van der Waals surface area contributed by atoms with Gasteiger partial charge < -0.3 is 10.5 Å². The lowest BCUT2D eigenvalue weighted by Crippen LogP contribution is -2.36. The Morgan fingerprint density at radius 3 is 2.00 bits per heavy atom. The molecule has 0 spiro atoms. The number of aryl methyl sites for hydroxylation is 3. The van der Waals surface area contributed by atoms with Crippen LogP contribution >= 0.6 is 0 Å². The van der Waals surface area contributed by atoms with Gasteiger partial charge in [0, 0.05) is 5.54 Å². The standard InChI is InChI=1S/C19H25NO/c1-13-10-14(2)18(15(3)11-13)12-19(4,20)16-6-8-17(21-5)9-7-16/h6-11H,12,20H2,1-5H3. The zero-order chi connectivity index (χ0) is 15.6. The number of ether oxygens (including phenoxy) is 1. The highest BCUT2D eigenvalue weighted by Gasteiger charge is 2.23. The molecule has 0 aliphatic carbocycles. The Kier molecular flexibility index (Phi) is 4.38. The highest BCUT2D eigenvalue weighted by Crippen LogP contribution is 2.28. The van der Waals surface area contributed by atoms with E-state index in [1.54, 1.807) is 7.11 Å². The first kappa shape index (κ1) is 15.6. The van der Waals surface area contributed by atoms with Crippen LogP contribution in [0.5, 0.6) is 5.75 Å². The average Bonchev–Trinajstić information content (AvgIpc) is 2.43. The maximum atomic E-state index is 6.60. The number of benzene rings is 2. The summed E-state index contributed by atoms with van der Waals surface area (Å²) >= 11 is 0. The van der Waals surface area contributed by atoms with Crippen LogP contribution in [0.3, 0.4) is 0 Å². The molecule has 2 heteroatoms. The Morgan fingerprint density at radius 1 is 1.00 bits per heavy atom. The van der Waals surface area contributed by atoms with E-state index in [9.17, 15) is 0 Å². The first-order valence-electron chi connectivity index (χ1n) is 7.33. The van der Waals surface area contributed by atoms with Crippen molar-refractivity contribution in [1.82, 2.24) is 0 Å². The molecule has 2 nitrogen and oxygen atoms in total. The quantitative estimate of drug-likeness (QED) is 0.919. The van der Waals surface area contributed by atoms with Crippen LogP contribution in [0.1, 0.15) is 34.7 Å². The SMILES string of the molecule is COc1ccc(C(C)(N)Cc2c(C)cc(C)cc2C)cc1. The van der Waals surface area contributed by atoms with Crippen molar-refractivity contribution in [3.8, 4) is 5.75 Å². The second-order valence-corrected chi connectivity index (χ2v) is 6.20. The van der Waals surface area contributed by atoms with Gasteiger partial charge in [-0.1, -0.05) is 29.8 Å². The normalized spacial score (nSPS) is 13.8. The molecule has 0 aromatic heterocycles. The Morgan fingerprint density at radius 2 is 1.52 bits per heavy atom. The molecule has 1 unspecified atom stereocenters. The Hall–Kier alpha value is -1.80. The molecule has 0 heterocycles. The summed E-state index contributed by atoms with van der Waals surface area (Å²) in [6.45, 7) is 8.56. The molecule has 0 amide bonds. The molecule has 2 aromatic rings. The van der Waals surface area contributed by atoms with Crippen molar-refractivity contribution in [2.24, 2.45) is 5.73 Å². The van der Waals surface area contributed by atoms with Gasteiger partial charge in [0.1, 0.15) is 5.75 Å². The minimum absolute atomic E-state index is 0.392. The largest absolute Gasteiger partial charge is 0.497 e. The van der Waals surface area contributed by atoms with Gasteiger partial charge in [-0.15, -0.1) is 0 Å². The molecule has 0 saturated heterocycles. The summed E-state index contributed by atoms with van der Waals surface area (Å²) in [5.74, 6) is 0.859. The molecule has 0 aliphatic heterocycles. The molecule has 112 valence electrons. The zero-order valence-electron chi connectivity index (χ0n) is 13.7. The van der Waals surface area contributed by atoms with Crippen LogP contribution in [0, 0.1) is 20.8 Å². The van der Waals surface area contributed by atoms with Crippen molar-refractivity contribution < 1.29 is 4.74 Å². The topological polar surface area (TPSA) is 35.2 Å². The fourth-order valence-corrected chi connectivity index (χ4v) is 2.93. The van der Waals surface area contributed by atoms with Gasteiger partial charge in [0.2, 0.25) is 0 Å². The lowest BCUT2D eigenvalue weighted by molar-refractivity contribution is 0.413. The van der Waals surface area contributed by atoms with Gasteiger partial charge in [-0.25, -0.2) is 0 Å². The lowest BCUT2D eigenvalue weighted by atomic mass is 9.83. The highest BCUT2D eigenvalue weighted by atomic mass is 16.5. The Balaban J connectivity index is 2.32. The second-order valence-electron chi connectivity index (χ2n) is 6.20. The van der Waals surface area contributed by atoms with E-state index in [1.807, 2.05) is 12.1 Å². The van der Waals surface area contributed by atoms with E-state index in [4.69, 9.17) is 10.5 Å². The van der Waals surface area contributed by atoms with E-state index in [1.165, 1.54) is 22.3 Å². The molecule has 0 saturated carbocycles. The molecule has 0 fully saturated rings. The maximum absolute atomic E-state index is 6.60. The zero-order valence-corrected chi connectivity index (χ0v) is 13.7. The van der Waals surface area contributed by atoms with Gasteiger partial charge in [-0.2, -0.15) is 0 Å². The van der Waals surface area contributed by atoms with Crippen molar-refractivity contribution in [1.29, 1.82) is 0 Å². The fourth-order valence-electron chi connectivity index (χ4n) is 2.93. The summed E-state index contributed by atoms with van der Waals surface area (Å²) < 4.78 is 5.21. The van der Waals surface area contributed by atoms with Crippen LogP contribution in [-0.2, 0) is 12.0 Å². The second kappa shape index (κ2) is 5.90. The number of hydrogen-bond acceptors (Lipinski definition) is 2. The van der Waals surface area contributed by atoms with Crippen LogP contribution in [-0.4, -0.2) is 7.11 Å². The lowest BCUT2D eigenvalue weighted by Gasteiger charge is -2.27. The van der Waals surface area contributed by atoms with E-state index in [2.05, 4.69) is 52.0 Å². The van der Waals surface area contributed by atoms with Crippen molar-refractivity contribution in [2.45, 2.75) is 39.7 Å². The van der Waals surface area contributed by atoms with Crippen molar-refractivity contribution in [3.63, 3.8) is 0 Å². The predicted octanol–water partition coefficient (Wildman–Crippen LogP) is 4.04. The van der Waals surface area contributed by atoms with Crippen LogP contribution in [0.2, 0.25) is 0 Å². The third-order valence-electron chi connectivity index (χ3n) is 4.13. The van der Waals surface area contributed by atoms with Gasteiger partial charge in [0.25, 0.3) is 0 Å². The number of methoxy groups -OCH3 is 1. The van der Waals surface area contributed by atoms with E-state index < -0.39 is 5.54 Å². The first-order valence-corrected chi connectivity index (χ1v) is 7.33. The van der Waals surface area contributed by atoms with Crippen LogP contribution in [0.4, 0.5) is 0 Å². The molecular weight excluding hydrogens is 258 g/mol. The van der Waals surface area contributed by atoms with Gasteiger partial charge in [-0.05, 0) is 68.5 Å². The van der Waals surface area contributed by atoms with Crippen molar-refractivity contribution in [3.05, 3.63) is 64.2 Å². The van der Waals surface area contributed by atoms with Gasteiger partial charge >= 0.3 is 0 Å². The third-order valence-corrected chi connectivity index (χ3v) is 4.13. The van der Waals surface area contributed by atoms with E-state index in [-0.39, 0.29) is 0 Å². The fraction of sp³-hybridized carbons (Fsp3) is 0.368. The monoisotopic (exact) mass is 283 g/mol. The van der Waals surface area contributed by atoms with Crippen molar-refractivity contribution >= 4 is 0 Å². The van der Waals surface area contributed by atoms with Gasteiger partial charge in [0.15, 0.2) is 0 Å². The van der Waals surface area contributed by atoms with Gasteiger partial charge in [-0.3, -0.25) is 0 Å². The molecule has 21 heavy (non-hydrogen) atoms. The summed E-state index contributed by atoms with van der Waals surface area (Å²) in [5, 5.41) is 0. The van der Waals surface area contributed by atoms with E-state index >= 15 is 0 Å². The number of rotatable bonds is 4. The molecule has 2 N–H and O–H groups in total. The molecule has 1 atom stereocenters. The minimum Gasteiger partial charge on any atom is -0.497 e. The van der Waals surface area contributed by atoms with Crippen LogP contribution < -0.4 is 10.5 Å². The van der Waals surface area contributed by atoms with Crippen LogP contribution in [0.15, 0.2) is 36.4 Å². The van der Waals surface area contributed by atoms with Crippen molar-refractivity contribution in [2.75, 3.05) is 7.11 Å². The van der Waals surface area contributed by atoms with Gasteiger partial charge in [0.05, 0.1) is 7.11 Å². The molecule has 0 radical (unpaired) electrons. The summed E-state index contributed by atoms with van der Waals surface area (Å²) in [7, 11) is 1.68. The number of nitrogens with two attached hydrogens (primary N) is 1. The summed E-state index contributed by atoms with van der Waals surface area (Å²) in [5.41, 5.74) is 12.6. The molecular formula is C19H25NO. The minimum atomic E-state index is -0.392.